The van der Waals surface area contributed by atoms with Gasteiger partial charge in [-0.25, -0.2) is 9.37 Å². The molecule has 2 heterocycles. The first kappa shape index (κ1) is 17.4. The molecular weight excluding hydrogens is 345 g/mol. The zero-order valence-electron chi connectivity index (χ0n) is 13.5. The maximum atomic E-state index is 12.9. The van der Waals surface area contributed by atoms with Crippen molar-refractivity contribution in [1.82, 2.24) is 14.8 Å². The number of piperazine rings is 1. The summed E-state index contributed by atoms with van der Waals surface area (Å²) < 4.78 is 12.9. The van der Waals surface area contributed by atoms with Crippen molar-refractivity contribution in [3.05, 3.63) is 64.7 Å². The largest absolute Gasteiger partial charge is 0.339 e. The minimum Gasteiger partial charge on any atom is -0.339 e. The van der Waals surface area contributed by atoms with Gasteiger partial charge in [0, 0.05) is 37.9 Å². The van der Waals surface area contributed by atoms with Crippen molar-refractivity contribution >= 4 is 23.4 Å². The minimum atomic E-state index is -0.320. The molecule has 1 aliphatic heterocycles. The van der Waals surface area contributed by atoms with Gasteiger partial charge in [0.25, 0.3) is 5.91 Å². The first-order valence-corrected chi connectivity index (χ1v) is 8.34. The number of nitrogens with zero attached hydrogens (tertiary/aromatic N) is 3. The summed E-state index contributed by atoms with van der Waals surface area (Å²) in [5.74, 6) is -0.458. The molecule has 0 atom stereocenters. The van der Waals surface area contributed by atoms with Gasteiger partial charge < -0.3 is 9.80 Å². The van der Waals surface area contributed by atoms with Crippen LogP contribution in [0.2, 0.25) is 5.15 Å². The monoisotopic (exact) mass is 361 g/mol. The van der Waals surface area contributed by atoms with Crippen LogP contribution in [-0.2, 0) is 11.2 Å². The third-order valence-corrected chi connectivity index (χ3v) is 4.37. The van der Waals surface area contributed by atoms with E-state index < -0.39 is 0 Å². The molecule has 5 nitrogen and oxygen atoms in total. The van der Waals surface area contributed by atoms with Crippen molar-refractivity contribution in [2.24, 2.45) is 0 Å². The van der Waals surface area contributed by atoms with Gasteiger partial charge in [-0.3, -0.25) is 9.59 Å². The van der Waals surface area contributed by atoms with Crippen molar-refractivity contribution in [2.45, 2.75) is 6.42 Å². The predicted molar refractivity (Wildman–Crippen MR) is 91.8 cm³/mol. The number of benzene rings is 1. The number of hydrogen-bond acceptors (Lipinski definition) is 3. The number of rotatable bonds is 3. The van der Waals surface area contributed by atoms with Crippen LogP contribution in [0.15, 0.2) is 42.6 Å². The van der Waals surface area contributed by atoms with E-state index in [0.717, 1.165) is 5.56 Å². The number of pyridine rings is 1. The third kappa shape index (κ3) is 4.33. The van der Waals surface area contributed by atoms with Crippen molar-refractivity contribution in [3.8, 4) is 0 Å². The highest BCUT2D eigenvalue weighted by atomic mass is 35.5. The standard InChI is InChI=1S/C18H17ClFN3O2/c19-16-12-14(5-6-21-16)18(25)23-9-7-22(8-10-23)17(24)11-13-1-3-15(20)4-2-13/h1-6,12H,7-11H2. The molecule has 2 amide bonds. The summed E-state index contributed by atoms with van der Waals surface area (Å²) in [7, 11) is 0. The lowest BCUT2D eigenvalue weighted by atomic mass is 10.1. The second kappa shape index (κ2) is 7.61. The van der Waals surface area contributed by atoms with E-state index in [1.165, 1.54) is 24.4 Å². The molecule has 2 aromatic rings. The fourth-order valence-electron chi connectivity index (χ4n) is 2.77. The van der Waals surface area contributed by atoms with E-state index in [-0.39, 0.29) is 29.2 Å². The highest BCUT2D eigenvalue weighted by Gasteiger charge is 2.25. The van der Waals surface area contributed by atoms with Crippen LogP contribution in [-0.4, -0.2) is 52.8 Å². The van der Waals surface area contributed by atoms with Crippen molar-refractivity contribution in [3.63, 3.8) is 0 Å². The molecule has 1 fully saturated rings. The van der Waals surface area contributed by atoms with Gasteiger partial charge in [-0.2, -0.15) is 0 Å². The Morgan fingerprint density at radius 1 is 1.04 bits per heavy atom. The third-order valence-electron chi connectivity index (χ3n) is 4.16. The van der Waals surface area contributed by atoms with Crippen molar-refractivity contribution in [2.75, 3.05) is 26.2 Å². The Labute approximate surface area is 150 Å². The van der Waals surface area contributed by atoms with E-state index in [0.29, 0.717) is 31.7 Å². The van der Waals surface area contributed by atoms with Gasteiger partial charge in [-0.1, -0.05) is 23.7 Å². The molecule has 1 aromatic carbocycles. The average molecular weight is 362 g/mol. The molecule has 0 spiro atoms. The lowest BCUT2D eigenvalue weighted by Crippen LogP contribution is -2.51. The van der Waals surface area contributed by atoms with Crippen molar-refractivity contribution < 1.29 is 14.0 Å². The molecule has 0 radical (unpaired) electrons. The molecule has 0 aliphatic carbocycles. The SMILES string of the molecule is O=C(Cc1ccc(F)cc1)N1CCN(C(=O)c2ccnc(Cl)c2)CC1. The van der Waals surface area contributed by atoms with Gasteiger partial charge in [-0.05, 0) is 29.8 Å². The van der Waals surface area contributed by atoms with Crippen LogP contribution in [0.25, 0.3) is 0 Å². The minimum absolute atomic E-state index is 0.0225. The molecule has 0 bridgehead atoms. The van der Waals surface area contributed by atoms with E-state index in [1.54, 1.807) is 28.0 Å². The number of carbonyl (C=O) groups is 2. The number of amides is 2. The van der Waals surface area contributed by atoms with Crippen LogP contribution >= 0.6 is 11.6 Å². The Morgan fingerprint density at radius 3 is 2.32 bits per heavy atom. The Bertz CT molecular complexity index is 774. The fourth-order valence-corrected chi connectivity index (χ4v) is 2.94. The number of halogens is 2. The first-order chi connectivity index (χ1) is 12.0. The Balaban J connectivity index is 1.55. The summed E-state index contributed by atoms with van der Waals surface area (Å²) in [6.07, 6.45) is 1.73. The number of aromatic nitrogens is 1. The fraction of sp³-hybridized carbons (Fsp3) is 0.278. The molecule has 1 aliphatic rings. The topological polar surface area (TPSA) is 53.5 Å². The van der Waals surface area contributed by atoms with E-state index in [4.69, 9.17) is 11.6 Å². The summed E-state index contributed by atoms with van der Waals surface area (Å²) in [5, 5.41) is 0.277. The highest BCUT2D eigenvalue weighted by molar-refractivity contribution is 6.29. The van der Waals surface area contributed by atoms with Crippen molar-refractivity contribution in [1.29, 1.82) is 0 Å². The average Bonchev–Trinajstić information content (AvgIpc) is 2.63. The van der Waals surface area contributed by atoms with Gasteiger partial charge >= 0.3 is 0 Å². The van der Waals surface area contributed by atoms with E-state index in [9.17, 15) is 14.0 Å². The Kier molecular flexibility index (Phi) is 5.28. The van der Waals surface area contributed by atoms with E-state index in [1.807, 2.05) is 0 Å². The van der Waals surface area contributed by atoms with Crippen LogP contribution in [0.1, 0.15) is 15.9 Å². The summed E-state index contributed by atoms with van der Waals surface area (Å²) in [5.41, 5.74) is 1.27. The van der Waals surface area contributed by atoms with Gasteiger partial charge in [0.05, 0.1) is 6.42 Å². The van der Waals surface area contributed by atoms with Crippen LogP contribution in [0.3, 0.4) is 0 Å². The van der Waals surface area contributed by atoms with E-state index >= 15 is 0 Å². The van der Waals surface area contributed by atoms with Crippen LogP contribution in [0, 0.1) is 5.82 Å². The zero-order chi connectivity index (χ0) is 17.8. The molecule has 0 unspecified atom stereocenters. The molecule has 1 aromatic heterocycles. The summed E-state index contributed by atoms with van der Waals surface area (Å²) in [6, 6.07) is 9.08. The molecule has 3 rings (SSSR count). The highest BCUT2D eigenvalue weighted by Crippen LogP contribution is 2.13. The number of hydrogen-bond donors (Lipinski definition) is 0. The van der Waals surface area contributed by atoms with Gasteiger partial charge in [-0.15, -0.1) is 0 Å². The molecule has 130 valence electrons. The van der Waals surface area contributed by atoms with Crippen LogP contribution < -0.4 is 0 Å². The second-order valence-electron chi connectivity index (χ2n) is 5.84. The Morgan fingerprint density at radius 2 is 1.68 bits per heavy atom. The summed E-state index contributed by atoms with van der Waals surface area (Å²) in [4.78, 5) is 32.1. The van der Waals surface area contributed by atoms with Crippen LogP contribution in [0.4, 0.5) is 4.39 Å². The predicted octanol–water partition coefficient (Wildman–Crippen LogP) is 2.40. The maximum absolute atomic E-state index is 12.9. The smallest absolute Gasteiger partial charge is 0.254 e. The molecule has 0 saturated carbocycles. The van der Waals surface area contributed by atoms with E-state index in [2.05, 4.69) is 4.98 Å². The maximum Gasteiger partial charge on any atom is 0.254 e. The van der Waals surface area contributed by atoms with Crippen LogP contribution in [0.5, 0.6) is 0 Å². The molecule has 1 saturated heterocycles. The molecule has 0 N–H and O–H groups in total. The summed E-state index contributed by atoms with van der Waals surface area (Å²) in [6.45, 7) is 1.89. The van der Waals surface area contributed by atoms with Gasteiger partial charge in [0.2, 0.25) is 5.91 Å². The summed E-state index contributed by atoms with van der Waals surface area (Å²) >= 11 is 5.82. The normalized spacial score (nSPS) is 14.5. The molecular formula is C18H17ClFN3O2. The Hall–Kier alpha value is -2.47. The first-order valence-electron chi connectivity index (χ1n) is 7.96. The zero-order valence-corrected chi connectivity index (χ0v) is 14.2. The van der Waals surface area contributed by atoms with Gasteiger partial charge in [0.15, 0.2) is 0 Å². The quantitative estimate of drug-likeness (QED) is 0.789. The molecule has 25 heavy (non-hydrogen) atoms. The molecule has 7 heteroatoms. The lowest BCUT2D eigenvalue weighted by Gasteiger charge is -2.35. The lowest BCUT2D eigenvalue weighted by molar-refractivity contribution is -0.131. The number of carbonyl (C=O) groups excluding carboxylic acids is 2. The second-order valence-corrected chi connectivity index (χ2v) is 6.23. The van der Waals surface area contributed by atoms with Gasteiger partial charge in [0.1, 0.15) is 11.0 Å².